The van der Waals surface area contributed by atoms with E-state index in [4.69, 9.17) is 4.74 Å². The highest BCUT2D eigenvalue weighted by atomic mass is 16.6. The zero-order chi connectivity index (χ0) is 12.9. The third-order valence-electron chi connectivity index (χ3n) is 3.27. The zero-order valence-electron chi connectivity index (χ0n) is 11.7. The van der Waals surface area contributed by atoms with Crippen LogP contribution in [0.3, 0.4) is 0 Å². The van der Waals surface area contributed by atoms with Gasteiger partial charge in [-0.25, -0.2) is 4.79 Å². The summed E-state index contributed by atoms with van der Waals surface area (Å²) in [6, 6.07) is 0. The Kier molecular flexibility index (Phi) is 5.29. The lowest BCUT2D eigenvalue weighted by atomic mass is 9.81. The van der Waals surface area contributed by atoms with Crippen LogP contribution in [0.4, 0.5) is 4.79 Å². The minimum absolute atomic E-state index is 0.290. The van der Waals surface area contributed by atoms with Crippen LogP contribution in [0.15, 0.2) is 0 Å². The smallest absolute Gasteiger partial charge is 0.407 e. The predicted octanol–water partition coefficient (Wildman–Crippen LogP) is 3.73. The summed E-state index contributed by atoms with van der Waals surface area (Å²) >= 11 is 0. The number of amides is 1. The third kappa shape index (κ3) is 6.54. The number of rotatable bonds is 3. The van der Waals surface area contributed by atoms with Gasteiger partial charge in [-0.1, -0.05) is 26.2 Å². The second kappa shape index (κ2) is 6.27. The van der Waals surface area contributed by atoms with Gasteiger partial charge in [0.25, 0.3) is 0 Å². The molecule has 0 bridgehead atoms. The van der Waals surface area contributed by atoms with E-state index >= 15 is 0 Å². The maximum Gasteiger partial charge on any atom is 0.407 e. The molecule has 3 nitrogen and oxygen atoms in total. The second-order valence-electron chi connectivity index (χ2n) is 6.36. The minimum atomic E-state index is -0.399. The molecule has 2 atom stereocenters. The van der Waals surface area contributed by atoms with Crippen molar-refractivity contribution < 1.29 is 9.53 Å². The first-order valence-electron chi connectivity index (χ1n) is 6.83. The fourth-order valence-corrected chi connectivity index (χ4v) is 2.51. The second-order valence-corrected chi connectivity index (χ2v) is 6.36. The standard InChI is InChI=1S/C14H27NO2/c1-11-6-5-7-12(10-11)8-9-15-13(16)17-14(2,3)4/h11-12H,5-10H2,1-4H3,(H,15,16). The average molecular weight is 241 g/mol. The SMILES string of the molecule is CC1CCCC(CCNC(=O)OC(C)(C)C)C1. The van der Waals surface area contributed by atoms with Crippen molar-refractivity contribution in [3.05, 3.63) is 0 Å². The fraction of sp³-hybridized carbons (Fsp3) is 0.929. The van der Waals surface area contributed by atoms with Crippen LogP contribution in [0.1, 0.15) is 59.8 Å². The van der Waals surface area contributed by atoms with Crippen LogP contribution in [-0.2, 0) is 4.74 Å². The fourth-order valence-electron chi connectivity index (χ4n) is 2.51. The van der Waals surface area contributed by atoms with E-state index in [9.17, 15) is 4.79 Å². The normalized spacial score (nSPS) is 25.4. The van der Waals surface area contributed by atoms with Gasteiger partial charge in [-0.2, -0.15) is 0 Å². The van der Waals surface area contributed by atoms with Crippen molar-refractivity contribution in [2.75, 3.05) is 6.54 Å². The van der Waals surface area contributed by atoms with Gasteiger partial charge in [0.2, 0.25) is 0 Å². The van der Waals surface area contributed by atoms with E-state index in [0.29, 0.717) is 0 Å². The molecule has 0 spiro atoms. The molecule has 1 fully saturated rings. The minimum Gasteiger partial charge on any atom is -0.444 e. The van der Waals surface area contributed by atoms with Crippen LogP contribution in [0.5, 0.6) is 0 Å². The highest BCUT2D eigenvalue weighted by Crippen LogP contribution is 2.30. The molecule has 0 heterocycles. The first-order valence-corrected chi connectivity index (χ1v) is 6.83. The van der Waals surface area contributed by atoms with Crippen LogP contribution in [-0.4, -0.2) is 18.2 Å². The highest BCUT2D eigenvalue weighted by molar-refractivity contribution is 5.67. The largest absolute Gasteiger partial charge is 0.444 e. The molecule has 0 aromatic rings. The number of hydrogen-bond acceptors (Lipinski definition) is 2. The Labute approximate surface area is 105 Å². The summed E-state index contributed by atoms with van der Waals surface area (Å²) in [5.74, 6) is 1.64. The van der Waals surface area contributed by atoms with Gasteiger partial charge in [-0.05, 0) is 45.4 Å². The molecule has 1 aliphatic carbocycles. The van der Waals surface area contributed by atoms with Crippen LogP contribution >= 0.6 is 0 Å². The summed E-state index contributed by atoms with van der Waals surface area (Å²) in [5.41, 5.74) is -0.399. The molecule has 1 saturated carbocycles. The van der Waals surface area contributed by atoms with Gasteiger partial charge in [0.05, 0.1) is 0 Å². The molecule has 2 unspecified atom stereocenters. The summed E-state index contributed by atoms with van der Waals surface area (Å²) < 4.78 is 5.20. The van der Waals surface area contributed by atoms with Crippen molar-refractivity contribution in [1.29, 1.82) is 0 Å². The van der Waals surface area contributed by atoms with Crippen LogP contribution < -0.4 is 5.32 Å². The van der Waals surface area contributed by atoms with E-state index in [1.807, 2.05) is 20.8 Å². The Balaban J connectivity index is 2.13. The predicted molar refractivity (Wildman–Crippen MR) is 70.0 cm³/mol. The van der Waals surface area contributed by atoms with E-state index in [2.05, 4.69) is 12.2 Å². The van der Waals surface area contributed by atoms with Crippen molar-refractivity contribution in [3.8, 4) is 0 Å². The van der Waals surface area contributed by atoms with E-state index < -0.39 is 5.60 Å². The summed E-state index contributed by atoms with van der Waals surface area (Å²) in [7, 11) is 0. The van der Waals surface area contributed by atoms with Gasteiger partial charge >= 0.3 is 6.09 Å². The Morgan fingerprint density at radius 2 is 2.06 bits per heavy atom. The maximum atomic E-state index is 11.4. The van der Waals surface area contributed by atoms with Gasteiger partial charge in [0.1, 0.15) is 5.60 Å². The molecule has 0 aliphatic heterocycles. The molecule has 3 heteroatoms. The van der Waals surface area contributed by atoms with E-state index in [-0.39, 0.29) is 6.09 Å². The number of hydrogen-bond donors (Lipinski definition) is 1. The number of alkyl carbamates (subject to hydrolysis) is 1. The molecule has 1 aliphatic rings. The lowest BCUT2D eigenvalue weighted by Gasteiger charge is -2.27. The Morgan fingerprint density at radius 1 is 1.35 bits per heavy atom. The third-order valence-corrected chi connectivity index (χ3v) is 3.27. The first kappa shape index (κ1) is 14.3. The van der Waals surface area contributed by atoms with E-state index in [1.165, 1.54) is 25.7 Å². The summed E-state index contributed by atoms with van der Waals surface area (Å²) in [5, 5.41) is 2.84. The molecule has 0 aromatic carbocycles. The molecule has 0 saturated heterocycles. The van der Waals surface area contributed by atoms with Gasteiger partial charge in [-0.3, -0.25) is 0 Å². The molecule has 1 N–H and O–H groups in total. The maximum absolute atomic E-state index is 11.4. The molecule has 0 aromatic heterocycles. The number of nitrogens with one attached hydrogen (secondary N) is 1. The quantitative estimate of drug-likeness (QED) is 0.817. The van der Waals surface area contributed by atoms with Crippen LogP contribution in [0, 0.1) is 11.8 Å². The zero-order valence-corrected chi connectivity index (χ0v) is 11.7. The monoisotopic (exact) mass is 241 g/mol. The lowest BCUT2D eigenvalue weighted by molar-refractivity contribution is 0.0523. The van der Waals surface area contributed by atoms with E-state index in [0.717, 1.165) is 24.8 Å². The summed E-state index contributed by atoms with van der Waals surface area (Å²) in [6.07, 6.45) is 6.15. The molecule has 100 valence electrons. The van der Waals surface area contributed by atoms with Crippen molar-refractivity contribution in [3.63, 3.8) is 0 Å². The van der Waals surface area contributed by atoms with Gasteiger partial charge in [-0.15, -0.1) is 0 Å². The Hall–Kier alpha value is -0.730. The Bertz CT molecular complexity index is 245. The number of carbonyl (C=O) groups is 1. The van der Waals surface area contributed by atoms with Crippen molar-refractivity contribution in [1.82, 2.24) is 5.32 Å². The molecular weight excluding hydrogens is 214 g/mol. The summed E-state index contributed by atoms with van der Waals surface area (Å²) in [4.78, 5) is 11.4. The highest BCUT2D eigenvalue weighted by Gasteiger charge is 2.19. The van der Waals surface area contributed by atoms with Gasteiger partial charge in [0.15, 0.2) is 0 Å². The number of ether oxygens (including phenoxy) is 1. The van der Waals surface area contributed by atoms with Crippen LogP contribution in [0.25, 0.3) is 0 Å². The topological polar surface area (TPSA) is 38.3 Å². The van der Waals surface area contributed by atoms with Gasteiger partial charge < -0.3 is 10.1 Å². The molecule has 1 amide bonds. The molecule has 1 rings (SSSR count). The Morgan fingerprint density at radius 3 is 2.65 bits per heavy atom. The van der Waals surface area contributed by atoms with Crippen LogP contribution in [0.2, 0.25) is 0 Å². The lowest BCUT2D eigenvalue weighted by Crippen LogP contribution is -2.33. The van der Waals surface area contributed by atoms with Crippen molar-refractivity contribution in [2.24, 2.45) is 11.8 Å². The molecule has 0 radical (unpaired) electrons. The molecule has 17 heavy (non-hydrogen) atoms. The van der Waals surface area contributed by atoms with Gasteiger partial charge in [0, 0.05) is 6.54 Å². The van der Waals surface area contributed by atoms with E-state index in [1.54, 1.807) is 0 Å². The average Bonchev–Trinajstić information content (AvgIpc) is 2.14. The van der Waals surface area contributed by atoms with Crippen molar-refractivity contribution in [2.45, 2.75) is 65.4 Å². The summed E-state index contributed by atoms with van der Waals surface area (Å²) in [6.45, 7) is 8.72. The molecular formula is C14H27NO2. The number of carbonyl (C=O) groups excluding carboxylic acids is 1. The first-order chi connectivity index (χ1) is 7.87. The van der Waals surface area contributed by atoms with Crippen molar-refractivity contribution >= 4 is 6.09 Å².